The molecule has 0 bridgehead atoms. The number of carbonyl (C=O) groups excluding carboxylic acids is 2. The van der Waals surface area contributed by atoms with Crippen molar-refractivity contribution in [3.05, 3.63) is 65.0 Å². The van der Waals surface area contributed by atoms with E-state index in [4.69, 9.17) is 4.74 Å². The third-order valence-corrected chi connectivity index (χ3v) is 4.78. The molecular weight excluding hydrogens is 398 g/mol. The number of rotatable bonds is 5. The second-order valence-corrected chi connectivity index (χ2v) is 7.15. The second kappa shape index (κ2) is 7.98. The number of fused-ring (bicyclic) bond motifs is 1. The van der Waals surface area contributed by atoms with Gasteiger partial charge in [0.25, 0.3) is 17.5 Å². The van der Waals surface area contributed by atoms with Crippen molar-refractivity contribution in [3.63, 3.8) is 0 Å². The fraction of sp³-hybridized carbons (Fsp3) is 0.238. The van der Waals surface area contributed by atoms with E-state index in [9.17, 15) is 9.59 Å². The van der Waals surface area contributed by atoms with E-state index in [0.717, 1.165) is 22.6 Å². The number of anilines is 1. The van der Waals surface area contributed by atoms with Gasteiger partial charge in [-0.3, -0.25) is 4.79 Å². The summed E-state index contributed by atoms with van der Waals surface area (Å²) in [5, 5.41) is 11.3. The Morgan fingerprint density at radius 1 is 1.03 bits per heavy atom. The Balaban J connectivity index is 1.43. The molecule has 0 saturated heterocycles. The summed E-state index contributed by atoms with van der Waals surface area (Å²) in [6.45, 7) is 7.01. The van der Waals surface area contributed by atoms with E-state index < -0.39 is 18.5 Å². The minimum atomic E-state index is -0.802. The zero-order valence-corrected chi connectivity index (χ0v) is 17.6. The topological polar surface area (TPSA) is 116 Å². The van der Waals surface area contributed by atoms with Crippen molar-refractivity contribution < 1.29 is 14.3 Å². The van der Waals surface area contributed by atoms with Crippen LogP contribution < -0.4 is 5.32 Å². The van der Waals surface area contributed by atoms with Crippen LogP contribution in [0.1, 0.15) is 33.3 Å². The van der Waals surface area contributed by atoms with Gasteiger partial charge in [-0.2, -0.15) is 10.1 Å². The maximum atomic E-state index is 12.4. The van der Waals surface area contributed by atoms with Crippen LogP contribution in [0.3, 0.4) is 0 Å². The predicted molar refractivity (Wildman–Crippen MR) is 112 cm³/mol. The van der Waals surface area contributed by atoms with Gasteiger partial charge >= 0.3 is 5.97 Å². The molecule has 3 aromatic heterocycles. The number of nitrogens with one attached hydrogen (secondary N) is 1. The Morgan fingerprint density at radius 3 is 2.48 bits per heavy atom. The first-order chi connectivity index (χ1) is 14.8. The van der Waals surface area contributed by atoms with Crippen molar-refractivity contribution in [1.29, 1.82) is 0 Å². The average molecular weight is 419 g/mol. The Bertz CT molecular complexity index is 1290. The highest BCUT2D eigenvalue weighted by Gasteiger charge is 2.19. The number of aromatic nitrogens is 6. The van der Waals surface area contributed by atoms with Crippen molar-refractivity contribution in [3.8, 4) is 5.69 Å². The van der Waals surface area contributed by atoms with Gasteiger partial charge < -0.3 is 10.1 Å². The molecule has 0 spiro atoms. The van der Waals surface area contributed by atoms with Crippen molar-refractivity contribution in [2.24, 2.45) is 0 Å². The highest BCUT2D eigenvalue weighted by atomic mass is 16.5. The normalized spacial score (nSPS) is 11.0. The van der Waals surface area contributed by atoms with Crippen LogP contribution in [0, 0.1) is 27.7 Å². The summed E-state index contributed by atoms with van der Waals surface area (Å²) in [6, 6.07) is 9.65. The van der Waals surface area contributed by atoms with Crippen LogP contribution in [-0.2, 0) is 9.53 Å². The maximum Gasteiger partial charge on any atom is 0.378 e. The van der Waals surface area contributed by atoms with Crippen LogP contribution in [0.15, 0.2) is 36.5 Å². The van der Waals surface area contributed by atoms with Crippen molar-refractivity contribution in [1.82, 2.24) is 29.4 Å². The molecule has 0 aliphatic carbocycles. The molecule has 0 aliphatic heterocycles. The molecule has 10 heteroatoms. The molecule has 0 aliphatic rings. The van der Waals surface area contributed by atoms with Crippen LogP contribution in [0.4, 0.5) is 5.69 Å². The summed E-state index contributed by atoms with van der Waals surface area (Å²) in [6.07, 6.45) is 1.57. The molecule has 0 atom stereocenters. The molecule has 4 rings (SSSR count). The highest BCUT2D eigenvalue weighted by molar-refractivity contribution is 5.95. The summed E-state index contributed by atoms with van der Waals surface area (Å²) in [5.74, 6) is -1.16. The highest BCUT2D eigenvalue weighted by Crippen LogP contribution is 2.23. The van der Waals surface area contributed by atoms with Gasteiger partial charge in [-0.25, -0.2) is 19.0 Å². The molecule has 1 aromatic carbocycles. The van der Waals surface area contributed by atoms with E-state index in [1.165, 1.54) is 4.52 Å². The summed E-state index contributed by atoms with van der Waals surface area (Å²) in [7, 11) is 0. The van der Waals surface area contributed by atoms with Gasteiger partial charge in [-0.1, -0.05) is 17.7 Å². The SMILES string of the molecule is Cc1ccc(-n2nc(C)c(NC(=O)COC(=O)c3nc4nccc(C)n4n3)c2C)cc1. The Hall–Kier alpha value is -4.08. The number of benzene rings is 1. The van der Waals surface area contributed by atoms with E-state index in [1.54, 1.807) is 23.9 Å². The van der Waals surface area contributed by atoms with E-state index in [-0.39, 0.29) is 11.6 Å². The Kier molecular flexibility index (Phi) is 5.20. The Morgan fingerprint density at radius 2 is 1.77 bits per heavy atom. The smallest absolute Gasteiger partial charge is 0.378 e. The number of aryl methyl sites for hydroxylation is 3. The maximum absolute atomic E-state index is 12.4. The second-order valence-electron chi connectivity index (χ2n) is 7.15. The van der Waals surface area contributed by atoms with E-state index in [0.29, 0.717) is 11.4 Å². The first-order valence-electron chi connectivity index (χ1n) is 9.62. The van der Waals surface area contributed by atoms with E-state index >= 15 is 0 Å². The van der Waals surface area contributed by atoms with Gasteiger partial charge in [-0.05, 0) is 45.9 Å². The standard InChI is InChI=1S/C21H21N7O3/c1-12-5-7-16(8-6-12)28-15(4)18(14(3)25-28)23-17(29)11-31-20(30)19-24-21-22-10-9-13(2)27(21)26-19/h5-10H,11H2,1-4H3,(H,23,29). The quantitative estimate of drug-likeness (QED) is 0.494. The number of ether oxygens (including phenoxy) is 1. The summed E-state index contributed by atoms with van der Waals surface area (Å²) in [5.41, 5.74) is 4.80. The number of amides is 1. The zero-order valence-electron chi connectivity index (χ0n) is 17.6. The fourth-order valence-corrected chi connectivity index (χ4v) is 3.13. The van der Waals surface area contributed by atoms with Gasteiger partial charge in [0.1, 0.15) is 0 Å². The zero-order chi connectivity index (χ0) is 22.1. The summed E-state index contributed by atoms with van der Waals surface area (Å²) < 4.78 is 8.26. The van der Waals surface area contributed by atoms with Crippen LogP contribution in [0.25, 0.3) is 11.5 Å². The molecule has 10 nitrogen and oxygen atoms in total. The van der Waals surface area contributed by atoms with Gasteiger partial charge in [-0.15, -0.1) is 5.10 Å². The Labute approximate surface area is 177 Å². The van der Waals surface area contributed by atoms with Crippen LogP contribution in [0.2, 0.25) is 0 Å². The van der Waals surface area contributed by atoms with Crippen LogP contribution >= 0.6 is 0 Å². The number of esters is 1. The lowest BCUT2D eigenvalue weighted by Crippen LogP contribution is -2.22. The van der Waals surface area contributed by atoms with Crippen molar-refractivity contribution in [2.45, 2.75) is 27.7 Å². The molecule has 0 saturated carbocycles. The van der Waals surface area contributed by atoms with Gasteiger partial charge in [0.2, 0.25) is 0 Å². The third kappa shape index (κ3) is 4.00. The molecule has 0 radical (unpaired) electrons. The minimum absolute atomic E-state index is 0.158. The number of hydrogen-bond acceptors (Lipinski definition) is 7. The lowest BCUT2D eigenvalue weighted by Gasteiger charge is -2.07. The fourth-order valence-electron chi connectivity index (χ4n) is 3.13. The minimum Gasteiger partial charge on any atom is -0.450 e. The number of carbonyl (C=O) groups is 2. The van der Waals surface area contributed by atoms with Gasteiger partial charge in [0.05, 0.1) is 22.8 Å². The van der Waals surface area contributed by atoms with Crippen LogP contribution in [0.5, 0.6) is 0 Å². The molecule has 0 unspecified atom stereocenters. The lowest BCUT2D eigenvalue weighted by molar-refractivity contribution is -0.119. The molecule has 4 aromatic rings. The lowest BCUT2D eigenvalue weighted by atomic mass is 10.2. The third-order valence-electron chi connectivity index (χ3n) is 4.78. The molecule has 158 valence electrons. The van der Waals surface area contributed by atoms with E-state index in [2.05, 4.69) is 25.5 Å². The molecule has 1 N–H and O–H groups in total. The first-order valence-corrected chi connectivity index (χ1v) is 9.62. The van der Waals surface area contributed by atoms with Gasteiger partial charge in [0.15, 0.2) is 6.61 Å². The summed E-state index contributed by atoms with van der Waals surface area (Å²) in [4.78, 5) is 32.7. The van der Waals surface area contributed by atoms with Crippen molar-refractivity contribution in [2.75, 3.05) is 11.9 Å². The molecule has 3 heterocycles. The average Bonchev–Trinajstić information content (AvgIpc) is 3.30. The summed E-state index contributed by atoms with van der Waals surface area (Å²) >= 11 is 0. The monoisotopic (exact) mass is 419 g/mol. The molecule has 1 amide bonds. The molecule has 31 heavy (non-hydrogen) atoms. The largest absolute Gasteiger partial charge is 0.450 e. The van der Waals surface area contributed by atoms with E-state index in [1.807, 2.05) is 45.0 Å². The molecular formula is C21H21N7O3. The number of hydrogen-bond donors (Lipinski definition) is 1. The van der Waals surface area contributed by atoms with Gasteiger partial charge in [0, 0.05) is 11.9 Å². The molecule has 0 fully saturated rings. The van der Waals surface area contributed by atoms with Crippen LogP contribution in [-0.4, -0.2) is 47.8 Å². The number of nitrogens with zero attached hydrogens (tertiary/aromatic N) is 6. The first kappa shape index (κ1) is 20.2. The van der Waals surface area contributed by atoms with Crippen molar-refractivity contribution >= 4 is 23.3 Å². The predicted octanol–water partition coefficient (Wildman–Crippen LogP) is 2.34.